The van der Waals surface area contributed by atoms with Crippen molar-refractivity contribution in [2.75, 3.05) is 13.2 Å². The molecular formula is C13H20N2O4S2. The summed E-state index contributed by atoms with van der Waals surface area (Å²) in [6, 6.07) is 0.0265. The van der Waals surface area contributed by atoms with E-state index in [9.17, 15) is 13.2 Å². The molecule has 0 aliphatic carbocycles. The van der Waals surface area contributed by atoms with Crippen LogP contribution in [0.3, 0.4) is 0 Å². The third-order valence-corrected chi connectivity index (χ3v) is 6.51. The highest BCUT2D eigenvalue weighted by atomic mass is 32.2. The summed E-state index contributed by atoms with van der Waals surface area (Å²) >= 11 is 0.980. The van der Waals surface area contributed by atoms with Crippen LogP contribution >= 0.6 is 11.3 Å². The van der Waals surface area contributed by atoms with Crippen molar-refractivity contribution in [1.82, 2.24) is 5.32 Å². The lowest BCUT2D eigenvalue weighted by Gasteiger charge is -2.28. The molecule has 0 aromatic carbocycles. The molecule has 1 aromatic rings. The number of nitrogens with one attached hydrogen (secondary N) is 1. The average molecular weight is 332 g/mol. The molecule has 1 unspecified atom stereocenters. The van der Waals surface area contributed by atoms with Gasteiger partial charge in [0.25, 0.3) is 5.91 Å². The maximum atomic E-state index is 12.3. The average Bonchev–Trinajstić information content (AvgIpc) is 2.81. The van der Waals surface area contributed by atoms with Crippen LogP contribution in [0.5, 0.6) is 0 Å². The molecular weight excluding hydrogens is 312 g/mol. The van der Waals surface area contributed by atoms with Gasteiger partial charge in [0, 0.05) is 24.6 Å². The Hall–Kier alpha value is -0.960. The van der Waals surface area contributed by atoms with Crippen LogP contribution in [0.1, 0.15) is 35.7 Å². The number of nitrogens with two attached hydrogens (primary N) is 1. The van der Waals surface area contributed by atoms with Gasteiger partial charge in [-0.2, -0.15) is 0 Å². The number of ether oxygens (including phenoxy) is 1. The first-order chi connectivity index (χ1) is 9.80. The number of carbonyl (C=O) groups is 1. The predicted octanol–water partition coefficient (Wildman–Crippen LogP) is 1.25. The molecule has 21 heavy (non-hydrogen) atoms. The summed E-state index contributed by atoms with van der Waals surface area (Å²) in [5.74, 6) is 0.136. The maximum Gasteiger partial charge on any atom is 0.252 e. The fourth-order valence-electron chi connectivity index (χ4n) is 2.52. The topological polar surface area (TPSA) is 98.5 Å². The second-order valence-electron chi connectivity index (χ2n) is 5.32. The van der Waals surface area contributed by atoms with Gasteiger partial charge < -0.3 is 10.1 Å². The Kier molecular flexibility index (Phi) is 5.03. The summed E-state index contributed by atoms with van der Waals surface area (Å²) < 4.78 is 28.2. The van der Waals surface area contributed by atoms with Gasteiger partial charge in [-0.1, -0.05) is 0 Å². The van der Waals surface area contributed by atoms with E-state index < -0.39 is 10.0 Å². The molecule has 0 saturated carbocycles. The summed E-state index contributed by atoms with van der Waals surface area (Å²) in [7, 11) is -3.77. The zero-order valence-corrected chi connectivity index (χ0v) is 13.7. The van der Waals surface area contributed by atoms with Crippen LogP contribution in [0.15, 0.2) is 9.59 Å². The van der Waals surface area contributed by atoms with Gasteiger partial charge in [-0.25, -0.2) is 13.6 Å². The Morgan fingerprint density at radius 2 is 2.10 bits per heavy atom. The van der Waals surface area contributed by atoms with Crippen LogP contribution in [0.25, 0.3) is 0 Å². The van der Waals surface area contributed by atoms with E-state index in [1.165, 1.54) is 0 Å². The molecule has 1 aliphatic rings. The Labute approximate surface area is 128 Å². The van der Waals surface area contributed by atoms with E-state index in [0.717, 1.165) is 37.4 Å². The number of hydrogen-bond acceptors (Lipinski definition) is 5. The third-order valence-electron chi connectivity index (χ3n) is 3.83. The number of rotatable bonds is 4. The molecule has 1 fully saturated rings. The Balaban J connectivity index is 2.08. The zero-order valence-electron chi connectivity index (χ0n) is 12.1. The number of primary sulfonamides is 1. The SMILES string of the molecule is Cc1c(C(=O)NC(C)C2CCOCC2)csc1S(N)(=O)=O. The monoisotopic (exact) mass is 332 g/mol. The molecule has 3 N–H and O–H groups in total. The van der Waals surface area contributed by atoms with Crippen LogP contribution in [0.4, 0.5) is 0 Å². The second kappa shape index (κ2) is 6.43. The van der Waals surface area contributed by atoms with E-state index in [4.69, 9.17) is 9.88 Å². The number of carbonyl (C=O) groups excluding carboxylic acids is 1. The minimum Gasteiger partial charge on any atom is -0.381 e. The molecule has 8 heteroatoms. The number of thiophene rings is 1. The smallest absolute Gasteiger partial charge is 0.252 e. The molecule has 1 amide bonds. The van der Waals surface area contributed by atoms with E-state index in [2.05, 4.69) is 5.32 Å². The molecule has 2 rings (SSSR count). The lowest BCUT2D eigenvalue weighted by Crippen LogP contribution is -2.40. The van der Waals surface area contributed by atoms with Gasteiger partial charge in [0.05, 0.1) is 5.56 Å². The summed E-state index contributed by atoms with van der Waals surface area (Å²) in [6.45, 7) is 5.01. The van der Waals surface area contributed by atoms with Crippen LogP contribution in [-0.2, 0) is 14.8 Å². The van der Waals surface area contributed by atoms with Crippen molar-refractivity contribution < 1.29 is 17.9 Å². The molecule has 1 atom stereocenters. The standard InChI is InChI=1S/C13H20N2O4S2/c1-8-11(7-20-13(8)21(14,17)18)12(16)15-9(2)10-3-5-19-6-4-10/h7,9-10H,3-6H2,1-2H3,(H,15,16)(H2,14,17,18). The van der Waals surface area contributed by atoms with Crippen LogP contribution in [0.2, 0.25) is 0 Å². The van der Waals surface area contributed by atoms with Gasteiger partial charge in [-0.3, -0.25) is 4.79 Å². The maximum absolute atomic E-state index is 12.3. The second-order valence-corrected chi connectivity index (χ2v) is 7.96. The Morgan fingerprint density at radius 1 is 1.48 bits per heavy atom. The van der Waals surface area contributed by atoms with Crippen molar-refractivity contribution in [3.05, 3.63) is 16.5 Å². The summed E-state index contributed by atoms with van der Waals surface area (Å²) in [6.07, 6.45) is 1.85. The van der Waals surface area contributed by atoms with E-state index in [-0.39, 0.29) is 16.2 Å². The van der Waals surface area contributed by atoms with Crippen molar-refractivity contribution in [3.63, 3.8) is 0 Å². The van der Waals surface area contributed by atoms with Gasteiger partial charge in [-0.15, -0.1) is 11.3 Å². The summed E-state index contributed by atoms with van der Waals surface area (Å²) in [5, 5.41) is 9.62. The van der Waals surface area contributed by atoms with Crippen molar-refractivity contribution in [1.29, 1.82) is 0 Å². The zero-order chi connectivity index (χ0) is 15.6. The predicted molar refractivity (Wildman–Crippen MR) is 80.9 cm³/mol. The normalized spacial score (nSPS) is 18.4. The highest BCUT2D eigenvalue weighted by molar-refractivity contribution is 7.91. The molecule has 1 aliphatic heterocycles. The van der Waals surface area contributed by atoms with Crippen molar-refractivity contribution in [2.45, 2.75) is 36.9 Å². The van der Waals surface area contributed by atoms with Crippen molar-refractivity contribution in [2.24, 2.45) is 11.1 Å². The minimum absolute atomic E-state index is 0.0265. The first-order valence-corrected chi connectivity index (χ1v) is 9.22. The third kappa shape index (κ3) is 3.82. The molecule has 6 nitrogen and oxygen atoms in total. The van der Waals surface area contributed by atoms with E-state index in [1.807, 2.05) is 6.92 Å². The minimum atomic E-state index is -3.77. The molecule has 1 aromatic heterocycles. The van der Waals surface area contributed by atoms with Crippen LogP contribution < -0.4 is 10.5 Å². The van der Waals surface area contributed by atoms with Gasteiger partial charge in [-0.05, 0) is 38.2 Å². The Morgan fingerprint density at radius 3 is 2.62 bits per heavy atom. The van der Waals surface area contributed by atoms with Crippen molar-refractivity contribution >= 4 is 27.3 Å². The number of amides is 1. The molecule has 0 radical (unpaired) electrons. The van der Waals surface area contributed by atoms with Gasteiger partial charge in [0.15, 0.2) is 0 Å². The lowest BCUT2D eigenvalue weighted by molar-refractivity contribution is 0.0538. The van der Waals surface area contributed by atoms with Gasteiger partial charge >= 0.3 is 0 Å². The molecule has 0 spiro atoms. The first kappa shape index (κ1) is 16.4. The summed E-state index contributed by atoms with van der Waals surface area (Å²) in [5.41, 5.74) is 0.794. The largest absolute Gasteiger partial charge is 0.381 e. The van der Waals surface area contributed by atoms with Gasteiger partial charge in [0.2, 0.25) is 10.0 Å². The van der Waals surface area contributed by atoms with E-state index in [1.54, 1.807) is 12.3 Å². The summed E-state index contributed by atoms with van der Waals surface area (Å²) in [4.78, 5) is 12.3. The highest BCUT2D eigenvalue weighted by Crippen LogP contribution is 2.26. The lowest BCUT2D eigenvalue weighted by atomic mass is 9.93. The number of hydrogen-bond donors (Lipinski definition) is 2. The van der Waals surface area contributed by atoms with E-state index >= 15 is 0 Å². The molecule has 2 heterocycles. The van der Waals surface area contributed by atoms with Gasteiger partial charge in [0.1, 0.15) is 4.21 Å². The quantitative estimate of drug-likeness (QED) is 0.867. The molecule has 118 valence electrons. The van der Waals surface area contributed by atoms with E-state index in [0.29, 0.717) is 17.0 Å². The fourth-order valence-corrected chi connectivity index (χ4v) is 4.53. The highest BCUT2D eigenvalue weighted by Gasteiger charge is 2.25. The molecule has 1 saturated heterocycles. The first-order valence-electron chi connectivity index (χ1n) is 6.80. The fraction of sp³-hybridized carbons (Fsp3) is 0.615. The van der Waals surface area contributed by atoms with Crippen LogP contribution in [0, 0.1) is 12.8 Å². The Bertz CT molecular complexity index is 618. The van der Waals surface area contributed by atoms with Crippen molar-refractivity contribution in [3.8, 4) is 0 Å². The molecule has 0 bridgehead atoms. The van der Waals surface area contributed by atoms with Crippen LogP contribution in [-0.4, -0.2) is 33.6 Å². The number of sulfonamides is 1.